The highest BCUT2D eigenvalue weighted by Gasteiger charge is 2.25. The third-order valence-corrected chi connectivity index (χ3v) is 3.61. The number of carbonyl (C=O) groups is 1. The normalized spacial score (nSPS) is 24.2. The lowest BCUT2D eigenvalue weighted by Gasteiger charge is -2.28. The van der Waals surface area contributed by atoms with Crippen LogP contribution in [0.3, 0.4) is 0 Å². The third-order valence-electron chi connectivity index (χ3n) is 3.61. The maximum absolute atomic E-state index is 12.2. The molecular formula is C14H22N2O2. The predicted octanol–water partition coefficient (Wildman–Crippen LogP) is 2.10. The van der Waals surface area contributed by atoms with Gasteiger partial charge in [0.15, 0.2) is 0 Å². The summed E-state index contributed by atoms with van der Waals surface area (Å²) in [6, 6.07) is 3.87. The molecule has 1 aliphatic carbocycles. The summed E-state index contributed by atoms with van der Waals surface area (Å²) in [6.45, 7) is 4.10. The molecule has 1 saturated carbocycles. The van der Waals surface area contributed by atoms with Crippen molar-refractivity contribution < 1.29 is 9.90 Å². The van der Waals surface area contributed by atoms with Crippen LogP contribution in [0.2, 0.25) is 0 Å². The van der Waals surface area contributed by atoms with Gasteiger partial charge < -0.3 is 15.0 Å². The van der Waals surface area contributed by atoms with E-state index in [2.05, 4.69) is 5.32 Å². The molecule has 0 bridgehead atoms. The molecule has 1 aromatic rings. The molecule has 0 aromatic carbocycles. The van der Waals surface area contributed by atoms with Gasteiger partial charge in [-0.25, -0.2) is 0 Å². The second-order valence-electron chi connectivity index (χ2n) is 5.33. The molecule has 18 heavy (non-hydrogen) atoms. The van der Waals surface area contributed by atoms with Gasteiger partial charge in [-0.3, -0.25) is 4.79 Å². The van der Waals surface area contributed by atoms with E-state index >= 15 is 0 Å². The van der Waals surface area contributed by atoms with Gasteiger partial charge in [-0.1, -0.05) is 12.8 Å². The molecule has 0 unspecified atom stereocenters. The molecule has 100 valence electrons. The first-order valence-electron chi connectivity index (χ1n) is 6.75. The van der Waals surface area contributed by atoms with Crippen LogP contribution in [0.15, 0.2) is 18.3 Å². The highest BCUT2D eigenvalue weighted by molar-refractivity contribution is 5.93. The van der Waals surface area contributed by atoms with Gasteiger partial charge in [0.05, 0.1) is 12.1 Å². The van der Waals surface area contributed by atoms with E-state index < -0.39 is 6.10 Å². The second-order valence-corrected chi connectivity index (χ2v) is 5.33. The van der Waals surface area contributed by atoms with Crippen molar-refractivity contribution in [3.8, 4) is 0 Å². The number of aliphatic hydroxyl groups excluding tert-OH is 1. The number of hydrogen-bond donors (Lipinski definition) is 2. The zero-order chi connectivity index (χ0) is 13.1. The predicted molar refractivity (Wildman–Crippen MR) is 70.5 cm³/mol. The third kappa shape index (κ3) is 2.75. The molecule has 1 aliphatic rings. The standard InChI is InChI=1S/C14H22N2O2/c1-10(2)16-9-5-7-12(16)14(18)15-11-6-3-4-8-13(11)17/h5,7,9-11,13,17H,3-4,6,8H2,1-2H3,(H,15,18)/t11-,13-/m1/s1. The molecule has 1 amide bonds. The summed E-state index contributed by atoms with van der Waals surface area (Å²) in [5, 5.41) is 12.8. The average Bonchev–Trinajstić information content (AvgIpc) is 2.81. The van der Waals surface area contributed by atoms with Crippen molar-refractivity contribution in [2.75, 3.05) is 0 Å². The smallest absolute Gasteiger partial charge is 0.268 e. The number of nitrogens with one attached hydrogen (secondary N) is 1. The summed E-state index contributed by atoms with van der Waals surface area (Å²) < 4.78 is 1.95. The quantitative estimate of drug-likeness (QED) is 0.863. The van der Waals surface area contributed by atoms with Crippen molar-refractivity contribution in [2.45, 2.75) is 57.7 Å². The molecular weight excluding hydrogens is 228 g/mol. The molecule has 0 radical (unpaired) electrons. The molecule has 2 atom stereocenters. The zero-order valence-electron chi connectivity index (χ0n) is 11.1. The average molecular weight is 250 g/mol. The van der Waals surface area contributed by atoms with E-state index in [1.165, 1.54) is 0 Å². The molecule has 1 heterocycles. The summed E-state index contributed by atoms with van der Waals surface area (Å²) in [5.41, 5.74) is 0.669. The highest BCUT2D eigenvalue weighted by Crippen LogP contribution is 2.19. The van der Waals surface area contributed by atoms with Gasteiger partial charge in [-0.2, -0.15) is 0 Å². The van der Waals surface area contributed by atoms with Crippen LogP contribution in [0.4, 0.5) is 0 Å². The number of nitrogens with zero attached hydrogens (tertiary/aromatic N) is 1. The Hall–Kier alpha value is -1.29. The molecule has 2 rings (SSSR count). The van der Waals surface area contributed by atoms with E-state index in [0.717, 1.165) is 25.7 Å². The number of hydrogen-bond acceptors (Lipinski definition) is 2. The topological polar surface area (TPSA) is 54.3 Å². The van der Waals surface area contributed by atoms with Gasteiger partial charge in [0, 0.05) is 12.2 Å². The number of rotatable bonds is 3. The lowest BCUT2D eigenvalue weighted by atomic mass is 9.92. The fourth-order valence-corrected chi connectivity index (χ4v) is 2.56. The monoisotopic (exact) mass is 250 g/mol. The minimum absolute atomic E-state index is 0.0837. The van der Waals surface area contributed by atoms with Crippen LogP contribution >= 0.6 is 0 Å². The van der Waals surface area contributed by atoms with Crippen molar-refractivity contribution in [1.82, 2.24) is 9.88 Å². The number of carbonyl (C=O) groups excluding carboxylic acids is 1. The van der Waals surface area contributed by atoms with Crippen molar-refractivity contribution in [3.63, 3.8) is 0 Å². The van der Waals surface area contributed by atoms with Crippen molar-refractivity contribution in [2.24, 2.45) is 0 Å². The Morgan fingerprint density at radius 2 is 2.17 bits per heavy atom. The van der Waals surface area contributed by atoms with E-state index in [1.807, 2.05) is 36.7 Å². The lowest BCUT2D eigenvalue weighted by Crippen LogP contribution is -2.45. The van der Waals surface area contributed by atoms with E-state index in [1.54, 1.807) is 0 Å². The Morgan fingerprint density at radius 3 is 2.83 bits per heavy atom. The fourth-order valence-electron chi connectivity index (χ4n) is 2.56. The second kappa shape index (κ2) is 5.57. The first-order valence-corrected chi connectivity index (χ1v) is 6.75. The fraction of sp³-hybridized carbons (Fsp3) is 0.643. The summed E-state index contributed by atoms with van der Waals surface area (Å²) in [6.07, 6.45) is 5.30. The van der Waals surface area contributed by atoms with E-state index in [9.17, 15) is 9.90 Å². The largest absolute Gasteiger partial charge is 0.391 e. The molecule has 4 heteroatoms. The number of aromatic nitrogens is 1. The van der Waals surface area contributed by atoms with Crippen molar-refractivity contribution >= 4 is 5.91 Å². The Kier molecular flexibility index (Phi) is 4.07. The van der Waals surface area contributed by atoms with Crippen LogP contribution in [0.25, 0.3) is 0 Å². The molecule has 1 fully saturated rings. The van der Waals surface area contributed by atoms with Gasteiger partial charge in [-0.15, -0.1) is 0 Å². The first-order chi connectivity index (χ1) is 8.59. The van der Waals surface area contributed by atoms with Crippen LogP contribution in [-0.2, 0) is 0 Å². The molecule has 4 nitrogen and oxygen atoms in total. The van der Waals surface area contributed by atoms with Gasteiger partial charge in [0.2, 0.25) is 0 Å². The zero-order valence-corrected chi connectivity index (χ0v) is 11.1. The maximum atomic E-state index is 12.2. The van der Waals surface area contributed by atoms with Gasteiger partial charge in [-0.05, 0) is 38.8 Å². The van der Waals surface area contributed by atoms with Gasteiger partial charge >= 0.3 is 0 Å². The van der Waals surface area contributed by atoms with Crippen LogP contribution in [0, 0.1) is 0 Å². The molecule has 0 saturated heterocycles. The minimum atomic E-state index is -0.398. The first kappa shape index (κ1) is 13.1. The molecule has 0 aliphatic heterocycles. The van der Waals surface area contributed by atoms with Crippen LogP contribution in [0.1, 0.15) is 56.1 Å². The highest BCUT2D eigenvalue weighted by atomic mass is 16.3. The van der Waals surface area contributed by atoms with Crippen molar-refractivity contribution in [1.29, 1.82) is 0 Å². The summed E-state index contributed by atoms with van der Waals surface area (Å²) in [7, 11) is 0. The summed E-state index contributed by atoms with van der Waals surface area (Å²) in [4.78, 5) is 12.2. The minimum Gasteiger partial charge on any atom is -0.391 e. The SMILES string of the molecule is CC(C)n1cccc1C(=O)N[C@@H]1CCCC[C@H]1O. The van der Waals surface area contributed by atoms with Gasteiger partial charge in [0.25, 0.3) is 5.91 Å². The Morgan fingerprint density at radius 1 is 1.44 bits per heavy atom. The van der Waals surface area contributed by atoms with Crippen molar-refractivity contribution in [3.05, 3.63) is 24.0 Å². The van der Waals surface area contributed by atoms with Crippen LogP contribution < -0.4 is 5.32 Å². The van der Waals surface area contributed by atoms with Gasteiger partial charge in [0.1, 0.15) is 5.69 Å². The van der Waals surface area contributed by atoms with E-state index in [-0.39, 0.29) is 18.0 Å². The molecule has 0 spiro atoms. The molecule has 1 aromatic heterocycles. The van der Waals surface area contributed by atoms with Crippen LogP contribution in [0.5, 0.6) is 0 Å². The number of aliphatic hydroxyl groups is 1. The maximum Gasteiger partial charge on any atom is 0.268 e. The summed E-state index contributed by atoms with van der Waals surface area (Å²) >= 11 is 0. The Labute approximate surface area is 108 Å². The lowest BCUT2D eigenvalue weighted by molar-refractivity contribution is 0.0710. The Bertz CT molecular complexity index is 412. The molecule has 2 N–H and O–H groups in total. The van der Waals surface area contributed by atoms with Crippen LogP contribution in [-0.4, -0.2) is 27.7 Å². The van der Waals surface area contributed by atoms with E-state index in [4.69, 9.17) is 0 Å². The Balaban J connectivity index is 2.05. The van der Waals surface area contributed by atoms with E-state index in [0.29, 0.717) is 5.69 Å². The summed E-state index contributed by atoms with van der Waals surface area (Å²) in [5.74, 6) is -0.0837. The number of amides is 1.